The first kappa shape index (κ1) is 16.4. The number of piperidine rings is 1. The number of nitrogens with two attached hydrogens (primary N) is 1. The third kappa shape index (κ3) is 3.37. The van der Waals surface area contributed by atoms with Gasteiger partial charge in [0.25, 0.3) is 5.91 Å². The van der Waals surface area contributed by atoms with E-state index >= 15 is 0 Å². The molecule has 0 bridgehead atoms. The molecule has 1 aliphatic rings. The van der Waals surface area contributed by atoms with E-state index in [2.05, 4.69) is 17.1 Å². The number of aryl methyl sites for hydroxylation is 2. The van der Waals surface area contributed by atoms with Crippen molar-refractivity contribution in [3.8, 4) is 0 Å². The highest BCUT2D eigenvalue weighted by Crippen LogP contribution is 2.31. The smallest absolute Gasteiger partial charge is 0.255 e. The zero-order chi connectivity index (χ0) is 17.1. The van der Waals surface area contributed by atoms with Gasteiger partial charge in [-0.3, -0.25) is 4.79 Å². The van der Waals surface area contributed by atoms with E-state index in [0.717, 1.165) is 24.2 Å². The van der Waals surface area contributed by atoms with Gasteiger partial charge in [-0.15, -0.1) is 0 Å². The van der Waals surface area contributed by atoms with Crippen LogP contribution < -0.4 is 16.0 Å². The summed E-state index contributed by atoms with van der Waals surface area (Å²) in [6.07, 6.45) is 3.73. The Morgan fingerprint density at radius 2 is 1.75 bits per heavy atom. The normalized spacial score (nSPS) is 14.5. The second-order valence-corrected chi connectivity index (χ2v) is 6.54. The summed E-state index contributed by atoms with van der Waals surface area (Å²) < 4.78 is 0. The fraction of sp³-hybridized carbons (Fsp3) is 0.350. The molecular weight excluding hydrogens is 298 g/mol. The quantitative estimate of drug-likeness (QED) is 0.835. The first-order valence-corrected chi connectivity index (χ1v) is 8.58. The minimum absolute atomic E-state index is 0.117. The molecule has 1 fully saturated rings. The van der Waals surface area contributed by atoms with Crippen molar-refractivity contribution in [3.63, 3.8) is 0 Å². The van der Waals surface area contributed by atoms with E-state index in [1.54, 1.807) is 0 Å². The molecule has 0 radical (unpaired) electrons. The molecule has 24 heavy (non-hydrogen) atoms. The second kappa shape index (κ2) is 6.95. The molecule has 0 unspecified atom stereocenters. The monoisotopic (exact) mass is 323 g/mol. The maximum absolute atomic E-state index is 12.6. The van der Waals surface area contributed by atoms with Crippen molar-refractivity contribution < 1.29 is 4.79 Å². The Labute approximate surface area is 143 Å². The number of nitrogens with one attached hydrogen (secondary N) is 1. The van der Waals surface area contributed by atoms with Gasteiger partial charge in [0.05, 0.1) is 11.4 Å². The highest BCUT2D eigenvalue weighted by molar-refractivity contribution is 6.07. The fourth-order valence-corrected chi connectivity index (χ4v) is 3.32. The molecule has 0 aromatic heterocycles. The number of amides is 1. The number of hydrogen-bond acceptors (Lipinski definition) is 3. The molecule has 126 valence electrons. The van der Waals surface area contributed by atoms with Gasteiger partial charge in [-0.05, 0) is 62.4 Å². The Balaban J connectivity index is 1.87. The van der Waals surface area contributed by atoms with Gasteiger partial charge in [0.1, 0.15) is 0 Å². The molecule has 4 heteroatoms. The van der Waals surface area contributed by atoms with Crippen LogP contribution in [-0.2, 0) is 0 Å². The number of anilines is 3. The number of carbonyl (C=O) groups is 1. The van der Waals surface area contributed by atoms with E-state index in [4.69, 9.17) is 5.73 Å². The number of carbonyl (C=O) groups excluding carboxylic acids is 1. The third-order valence-electron chi connectivity index (χ3n) is 4.70. The van der Waals surface area contributed by atoms with Crippen LogP contribution in [0.5, 0.6) is 0 Å². The summed E-state index contributed by atoms with van der Waals surface area (Å²) in [5.74, 6) is -0.117. The summed E-state index contributed by atoms with van der Waals surface area (Å²) in [5, 5.41) is 2.98. The highest BCUT2D eigenvalue weighted by atomic mass is 16.1. The van der Waals surface area contributed by atoms with Crippen LogP contribution >= 0.6 is 0 Å². The van der Waals surface area contributed by atoms with Crippen LogP contribution in [0.1, 0.15) is 40.7 Å². The predicted molar refractivity (Wildman–Crippen MR) is 101 cm³/mol. The van der Waals surface area contributed by atoms with Crippen LogP contribution in [0.25, 0.3) is 0 Å². The van der Waals surface area contributed by atoms with Crippen LogP contribution in [-0.4, -0.2) is 19.0 Å². The van der Waals surface area contributed by atoms with E-state index in [1.807, 2.05) is 43.3 Å². The number of benzene rings is 2. The Bertz CT molecular complexity index is 749. The summed E-state index contributed by atoms with van der Waals surface area (Å²) in [5.41, 5.74) is 11.4. The second-order valence-electron chi connectivity index (χ2n) is 6.54. The Morgan fingerprint density at radius 3 is 2.46 bits per heavy atom. The van der Waals surface area contributed by atoms with Crippen LogP contribution in [0.2, 0.25) is 0 Å². The molecule has 1 heterocycles. The van der Waals surface area contributed by atoms with Crippen molar-refractivity contribution in [2.45, 2.75) is 33.1 Å². The van der Waals surface area contributed by atoms with Gasteiger partial charge >= 0.3 is 0 Å². The van der Waals surface area contributed by atoms with E-state index in [0.29, 0.717) is 16.9 Å². The van der Waals surface area contributed by atoms with Crippen molar-refractivity contribution in [1.29, 1.82) is 0 Å². The summed E-state index contributed by atoms with van der Waals surface area (Å²) >= 11 is 0. The minimum Gasteiger partial charge on any atom is -0.397 e. The molecule has 3 N–H and O–H groups in total. The van der Waals surface area contributed by atoms with Gasteiger partial charge in [0, 0.05) is 24.3 Å². The molecular formula is C20H25N3O. The van der Waals surface area contributed by atoms with Gasteiger partial charge in [-0.1, -0.05) is 18.2 Å². The van der Waals surface area contributed by atoms with Gasteiger partial charge in [-0.2, -0.15) is 0 Å². The van der Waals surface area contributed by atoms with Crippen LogP contribution in [0.3, 0.4) is 0 Å². The van der Waals surface area contributed by atoms with E-state index < -0.39 is 0 Å². The molecule has 0 atom stereocenters. The standard InChI is InChI=1S/C20H25N3O/c1-14-8-4-5-9-16(14)20(24)22-18-13-19(15(2)12-17(18)21)23-10-6-3-7-11-23/h4-5,8-9,12-13H,3,6-7,10-11,21H2,1-2H3,(H,22,24). The number of nitrogen functional groups attached to an aromatic ring is 1. The first-order chi connectivity index (χ1) is 11.6. The first-order valence-electron chi connectivity index (χ1n) is 8.58. The maximum atomic E-state index is 12.6. The number of nitrogens with zero attached hydrogens (tertiary/aromatic N) is 1. The average molecular weight is 323 g/mol. The van der Waals surface area contributed by atoms with Crippen LogP contribution in [0.15, 0.2) is 36.4 Å². The molecule has 2 aromatic carbocycles. The summed E-state index contributed by atoms with van der Waals surface area (Å²) in [6, 6.07) is 11.6. The van der Waals surface area contributed by atoms with Gasteiger partial charge in [0.15, 0.2) is 0 Å². The topological polar surface area (TPSA) is 58.4 Å². The van der Waals surface area contributed by atoms with Crippen LogP contribution in [0.4, 0.5) is 17.1 Å². The summed E-state index contributed by atoms with van der Waals surface area (Å²) in [4.78, 5) is 15.0. The largest absolute Gasteiger partial charge is 0.397 e. The molecule has 4 nitrogen and oxygen atoms in total. The molecule has 1 saturated heterocycles. The lowest BCUT2D eigenvalue weighted by Gasteiger charge is -2.31. The SMILES string of the molecule is Cc1ccccc1C(=O)Nc1cc(N2CCCCC2)c(C)cc1N. The van der Waals surface area contributed by atoms with Gasteiger partial charge in [0.2, 0.25) is 0 Å². The lowest BCUT2D eigenvalue weighted by atomic mass is 10.1. The number of hydrogen-bond donors (Lipinski definition) is 2. The molecule has 0 spiro atoms. The third-order valence-corrected chi connectivity index (χ3v) is 4.70. The maximum Gasteiger partial charge on any atom is 0.255 e. The minimum atomic E-state index is -0.117. The van der Waals surface area contributed by atoms with Crippen molar-refractivity contribution >= 4 is 23.0 Å². The zero-order valence-corrected chi connectivity index (χ0v) is 14.4. The summed E-state index contributed by atoms with van der Waals surface area (Å²) in [6.45, 7) is 6.14. The van der Waals surface area contributed by atoms with Crippen LogP contribution in [0, 0.1) is 13.8 Å². The number of rotatable bonds is 3. The molecule has 2 aromatic rings. The van der Waals surface area contributed by atoms with Gasteiger partial charge < -0.3 is 16.0 Å². The molecule has 1 amide bonds. The van der Waals surface area contributed by atoms with Gasteiger partial charge in [-0.25, -0.2) is 0 Å². The predicted octanol–water partition coefficient (Wildman–Crippen LogP) is 4.13. The van der Waals surface area contributed by atoms with Crippen molar-refractivity contribution in [2.24, 2.45) is 0 Å². The Morgan fingerprint density at radius 1 is 1.04 bits per heavy atom. The van der Waals surface area contributed by atoms with E-state index in [-0.39, 0.29) is 5.91 Å². The zero-order valence-electron chi connectivity index (χ0n) is 14.4. The van der Waals surface area contributed by atoms with E-state index in [1.165, 1.54) is 24.9 Å². The lowest BCUT2D eigenvalue weighted by Crippen LogP contribution is -2.30. The lowest BCUT2D eigenvalue weighted by molar-refractivity contribution is 0.102. The molecule has 1 aliphatic heterocycles. The molecule has 0 aliphatic carbocycles. The molecule has 3 rings (SSSR count). The fourth-order valence-electron chi connectivity index (χ4n) is 3.32. The van der Waals surface area contributed by atoms with Crippen molar-refractivity contribution in [3.05, 3.63) is 53.1 Å². The Hall–Kier alpha value is -2.49. The summed E-state index contributed by atoms with van der Waals surface area (Å²) in [7, 11) is 0. The average Bonchev–Trinajstić information content (AvgIpc) is 2.58. The Kier molecular flexibility index (Phi) is 4.74. The highest BCUT2D eigenvalue weighted by Gasteiger charge is 2.17. The molecule has 0 saturated carbocycles. The van der Waals surface area contributed by atoms with E-state index in [9.17, 15) is 4.79 Å². The van der Waals surface area contributed by atoms with Crippen molar-refractivity contribution in [1.82, 2.24) is 0 Å². The van der Waals surface area contributed by atoms with Crippen molar-refractivity contribution in [2.75, 3.05) is 29.0 Å².